The summed E-state index contributed by atoms with van der Waals surface area (Å²) in [6, 6.07) is 11.2. The lowest BCUT2D eigenvalue weighted by atomic mass is 9.65. The first kappa shape index (κ1) is 29.1. The van der Waals surface area contributed by atoms with Crippen molar-refractivity contribution in [3.63, 3.8) is 0 Å². The van der Waals surface area contributed by atoms with Gasteiger partial charge in [0.2, 0.25) is 5.91 Å². The number of carbonyl (C=O) groups excluding carboxylic acids is 2. The van der Waals surface area contributed by atoms with E-state index in [9.17, 15) is 19.5 Å². The number of nitrogens with zero attached hydrogens (tertiary/aromatic N) is 3. The summed E-state index contributed by atoms with van der Waals surface area (Å²) >= 11 is 0. The molecule has 1 aromatic heterocycles. The fraction of sp³-hybridized carbons (Fsp3) is 0.618. The minimum Gasteiger partial charge on any atom is -0.387 e. The molecule has 2 saturated carbocycles. The van der Waals surface area contributed by atoms with Gasteiger partial charge in [0.15, 0.2) is 0 Å². The highest BCUT2D eigenvalue weighted by Crippen LogP contribution is 2.52. The maximum Gasteiger partial charge on any atom is 0.256 e. The number of hydrogen-bond donors (Lipinski definition) is 2. The molecule has 4 fully saturated rings. The van der Waals surface area contributed by atoms with E-state index < -0.39 is 11.0 Å². The third-order valence-corrected chi connectivity index (χ3v) is 10.8. The van der Waals surface area contributed by atoms with Crippen LogP contribution in [0.25, 0.3) is 11.1 Å². The number of benzene rings is 1. The molecule has 2 saturated heterocycles. The Morgan fingerprint density at radius 2 is 1.71 bits per heavy atom. The van der Waals surface area contributed by atoms with E-state index in [-0.39, 0.29) is 29.8 Å². The third kappa shape index (κ3) is 5.55. The minimum absolute atomic E-state index is 0.00616. The van der Waals surface area contributed by atoms with Gasteiger partial charge in [-0.15, -0.1) is 0 Å². The van der Waals surface area contributed by atoms with Crippen molar-refractivity contribution in [2.24, 2.45) is 17.3 Å². The summed E-state index contributed by atoms with van der Waals surface area (Å²) in [6.45, 7) is 5.93. The van der Waals surface area contributed by atoms with Crippen LogP contribution in [0.15, 0.2) is 47.4 Å². The van der Waals surface area contributed by atoms with Gasteiger partial charge in [0, 0.05) is 68.4 Å². The Kier molecular flexibility index (Phi) is 8.29. The zero-order chi connectivity index (χ0) is 29.3. The Labute approximate surface area is 249 Å². The lowest BCUT2D eigenvalue weighted by Crippen LogP contribution is -2.62. The fourth-order valence-corrected chi connectivity index (χ4v) is 7.97. The summed E-state index contributed by atoms with van der Waals surface area (Å²) < 4.78 is 1.57. The van der Waals surface area contributed by atoms with E-state index in [1.807, 2.05) is 40.1 Å². The highest BCUT2D eigenvalue weighted by molar-refractivity contribution is 6.00. The molecule has 4 aliphatic rings. The van der Waals surface area contributed by atoms with Crippen LogP contribution in [0.5, 0.6) is 0 Å². The molecular weight excluding hydrogens is 528 g/mol. The normalized spacial score (nSPS) is 24.9. The van der Waals surface area contributed by atoms with Gasteiger partial charge in [-0.25, -0.2) is 0 Å². The van der Waals surface area contributed by atoms with Gasteiger partial charge in [-0.05, 0) is 37.2 Å². The van der Waals surface area contributed by atoms with Crippen molar-refractivity contribution in [1.82, 2.24) is 19.7 Å². The van der Waals surface area contributed by atoms with Crippen molar-refractivity contribution in [3.8, 4) is 11.1 Å². The molecule has 0 unspecified atom stereocenters. The summed E-state index contributed by atoms with van der Waals surface area (Å²) in [5.41, 5.74) is 0.143. The van der Waals surface area contributed by atoms with Gasteiger partial charge in [-0.3, -0.25) is 14.4 Å². The SMILES string of the molecule is C[C@H](CC1CCC1)C(=O)N1CC[C@@](O)(Cn2cc(C(=O)N3CCNCC3)c(-c3ccccc3)cc2=O)C2(CCCC2)C1. The number of amides is 2. The Morgan fingerprint density at radius 3 is 2.38 bits per heavy atom. The quantitative estimate of drug-likeness (QED) is 0.523. The first-order valence-corrected chi connectivity index (χ1v) is 16.1. The van der Waals surface area contributed by atoms with Crippen LogP contribution >= 0.6 is 0 Å². The molecule has 2 atom stereocenters. The van der Waals surface area contributed by atoms with Gasteiger partial charge in [-0.1, -0.05) is 69.4 Å². The summed E-state index contributed by atoms with van der Waals surface area (Å²) in [7, 11) is 0. The van der Waals surface area contributed by atoms with Crippen LogP contribution in [0.1, 0.15) is 75.1 Å². The topological polar surface area (TPSA) is 94.9 Å². The van der Waals surface area contributed by atoms with Crippen molar-refractivity contribution in [2.45, 2.75) is 76.9 Å². The van der Waals surface area contributed by atoms with Crippen LogP contribution in [0.3, 0.4) is 0 Å². The standard InChI is InChI=1S/C34H46N4O4/c1-25(20-26-8-7-9-26)31(40)37-17-14-34(42,33(23-37)12-5-6-13-33)24-38-22-29(32(41)36-18-15-35-16-19-36)28(21-30(38)39)27-10-3-2-4-11-27/h2-4,10-11,21-22,25-26,35,42H,5-9,12-20,23-24H2,1H3/t25-,34-/m1/s1. The number of nitrogens with one attached hydrogen (secondary N) is 1. The highest BCUT2D eigenvalue weighted by Gasteiger charge is 2.56. The summed E-state index contributed by atoms with van der Waals surface area (Å²) in [5.74, 6) is 0.803. The minimum atomic E-state index is -1.13. The first-order chi connectivity index (χ1) is 20.3. The molecule has 1 aromatic carbocycles. The maximum absolute atomic E-state index is 13.8. The maximum atomic E-state index is 13.8. The molecule has 1 spiro atoms. The van der Waals surface area contributed by atoms with Crippen molar-refractivity contribution in [1.29, 1.82) is 0 Å². The van der Waals surface area contributed by atoms with Gasteiger partial charge >= 0.3 is 0 Å². The largest absolute Gasteiger partial charge is 0.387 e. The van der Waals surface area contributed by atoms with Gasteiger partial charge in [0.05, 0.1) is 17.7 Å². The second-order valence-electron chi connectivity index (χ2n) is 13.4. The summed E-state index contributed by atoms with van der Waals surface area (Å²) in [4.78, 5) is 44.8. The molecule has 2 amide bonds. The molecule has 42 heavy (non-hydrogen) atoms. The van der Waals surface area contributed by atoms with Gasteiger partial charge in [0.1, 0.15) is 0 Å². The van der Waals surface area contributed by atoms with Crippen molar-refractivity contribution in [3.05, 3.63) is 58.5 Å². The number of aromatic nitrogens is 1. The molecule has 3 heterocycles. The number of pyridine rings is 1. The monoisotopic (exact) mass is 574 g/mol. The number of likely N-dealkylation sites (tertiary alicyclic amines) is 1. The predicted molar refractivity (Wildman–Crippen MR) is 163 cm³/mol. The summed E-state index contributed by atoms with van der Waals surface area (Å²) in [5, 5.41) is 15.7. The smallest absolute Gasteiger partial charge is 0.256 e. The molecular formula is C34H46N4O4. The van der Waals surface area contributed by atoms with E-state index in [4.69, 9.17) is 0 Å². The van der Waals surface area contributed by atoms with Crippen molar-refractivity contribution < 1.29 is 14.7 Å². The first-order valence-electron chi connectivity index (χ1n) is 16.1. The molecule has 0 bridgehead atoms. The Morgan fingerprint density at radius 1 is 1.00 bits per heavy atom. The average Bonchev–Trinajstić information content (AvgIpc) is 3.47. The molecule has 2 aliphatic carbocycles. The number of aliphatic hydroxyl groups is 1. The number of piperidine rings is 1. The fourth-order valence-electron chi connectivity index (χ4n) is 7.97. The van der Waals surface area contributed by atoms with Crippen LogP contribution in [0.2, 0.25) is 0 Å². The molecule has 226 valence electrons. The molecule has 6 rings (SSSR count). The van der Waals surface area contributed by atoms with E-state index in [0.29, 0.717) is 49.6 Å². The Hall–Kier alpha value is -2.97. The molecule has 0 radical (unpaired) electrons. The number of carbonyl (C=O) groups is 2. The van der Waals surface area contributed by atoms with E-state index in [2.05, 4.69) is 12.2 Å². The van der Waals surface area contributed by atoms with Gasteiger partial charge in [-0.2, -0.15) is 0 Å². The predicted octanol–water partition coefficient (Wildman–Crippen LogP) is 3.91. The van der Waals surface area contributed by atoms with E-state index >= 15 is 0 Å². The van der Waals surface area contributed by atoms with Gasteiger partial charge in [0.25, 0.3) is 11.5 Å². The summed E-state index contributed by atoms with van der Waals surface area (Å²) in [6.07, 6.45) is 10.5. The number of piperazine rings is 1. The molecule has 2 aromatic rings. The van der Waals surface area contributed by atoms with Crippen molar-refractivity contribution in [2.75, 3.05) is 39.3 Å². The van der Waals surface area contributed by atoms with Crippen LogP contribution in [0, 0.1) is 17.3 Å². The van der Waals surface area contributed by atoms with E-state index in [0.717, 1.165) is 50.8 Å². The second-order valence-corrected chi connectivity index (χ2v) is 13.4. The number of hydrogen-bond acceptors (Lipinski definition) is 5. The highest BCUT2D eigenvalue weighted by atomic mass is 16.3. The number of rotatable bonds is 7. The van der Waals surface area contributed by atoms with Crippen molar-refractivity contribution >= 4 is 11.8 Å². The van der Waals surface area contributed by atoms with Crippen LogP contribution in [-0.4, -0.2) is 76.2 Å². The van der Waals surface area contributed by atoms with Gasteiger partial charge < -0.3 is 24.8 Å². The third-order valence-electron chi connectivity index (χ3n) is 10.8. The molecule has 8 heteroatoms. The second kappa shape index (κ2) is 12.0. The van der Waals surface area contributed by atoms with E-state index in [1.54, 1.807) is 16.8 Å². The van der Waals surface area contributed by atoms with Crippen LogP contribution in [0.4, 0.5) is 0 Å². The zero-order valence-corrected chi connectivity index (χ0v) is 25.0. The van der Waals surface area contributed by atoms with Crippen LogP contribution in [-0.2, 0) is 11.3 Å². The van der Waals surface area contributed by atoms with Crippen LogP contribution < -0.4 is 10.9 Å². The average molecular weight is 575 g/mol. The molecule has 2 aliphatic heterocycles. The van der Waals surface area contributed by atoms with E-state index in [1.165, 1.54) is 19.3 Å². The lowest BCUT2D eigenvalue weighted by Gasteiger charge is -2.53. The molecule has 2 N–H and O–H groups in total. The zero-order valence-electron chi connectivity index (χ0n) is 25.0. The lowest BCUT2D eigenvalue weighted by molar-refractivity contribution is -0.163. The Balaban J connectivity index is 1.29. The Bertz CT molecular complexity index is 1340. The molecule has 8 nitrogen and oxygen atoms in total.